The maximum Gasteiger partial charge on any atom is 0.123 e. The molecule has 0 saturated carbocycles. The number of rotatable bonds is 8. The maximum absolute atomic E-state index is 6.03. The highest BCUT2D eigenvalue weighted by molar-refractivity contribution is 9.10. The number of ether oxygens (including phenoxy) is 1. The summed E-state index contributed by atoms with van der Waals surface area (Å²) >= 11 is 5.42. The van der Waals surface area contributed by atoms with Gasteiger partial charge in [-0.05, 0) is 50.6 Å². The summed E-state index contributed by atoms with van der Waals surface area (Å²) in [5.41, 5.74) is 7.17. The second kappa shape index (κ2) is 8.93. The number of nitrogens with zero attached hydrogens (tertiary/aromatic N) is 1. The normalized spacial score (nSPS) is 14.3. The molecule has 1 aromatic rings. The molecular weight excluding hydrogens is 336 g/mol. The number of benzene rings is 1. The van der Waals surface area contributed by atoms with Crippen LogP contribution in [0.25, 0.3) is 0 Å². The van der Waals surface area contributed by atoms with E-state index < -0.39 is 0 Å². The molecule has 0 aliphatic heterocycles. The van der Waals surface area contributed by atoms with Gasteiger partial charge < -0.3 is 10.5 Å². The first-order valence-corrected chi connectivity index (χ1v) is 8.98. The monoisotopic (exact) mass is 360 g/mol. The molecule has 2 atom stereocenters. The molecule has 0 radical (unpaired) electrons. The summed E-state index contributed by atoms with van der Waals surface area (Å²) in [6, 6.07) is 6.74. The summed E-state index contributed by atoms with van der Waals surface area (Å²) in [5, 5.41) is 0. The predicted octanol–water partition coefficient (Wildman–Crippen LogP) is 3.53. The van der Waals surface area contributed by atoms with Crippen LogP contribution >= 0.6 is 27.7 Å². The summed E-state index contributed by atoms with van der Waals surface area (Å²) in [4.78, 5) is 2.35. The zero-order chi connectivity index (χ0) is 15.1. The lowest BCUT2D eigenvalue weighted by molar-refractivity contribution is 0.182. The van der Waals surface area contributed by atoms with Gasteiger partial charge in [0.1, 0.15) is 5.75 Å². The van der Waals surface area contributed by atoms with Gasteiger partial charge in [0.05, 0.1) is 13.2 Å². The van der Waals surface area contributed by atoms with Crippen molar-refractivity contribution in [3.05, 3.63) is 28.2 Å². The van der Waals surface area contributed by atoms with E-state index in [4.69, 9.17) is 10.5 Å². The van der Waals surface area contributed by atoms with Crippen molar-refractivity contribution in [3.8, 4) is 5.75 Å². The van der Waals surface area contributed by atoms with Crippen molar-refractivity contribution in [3.63, 3.8) is 0 Å². The number of likely N-dealkylation sites (N-methyl/N-ethyl adjacent to an activating group) is 1. The average Bonchev–Trinajstić information content (AvgIpc) is 2.45. The summed E-state index contributed by atoms with van der Waals surface area (Å²) in [6.07, 6.45) is 3.30. The molecule has 1 aromatic carbocycles. The summed E-state index contributed by atoms with van der Waals surface area (Å²) in [5.74, 6) is 2.06. The third-order valence-electron chi connectivity index (χ3n) is 3.70. The Bertz CT molecular complexity index is 417. The highest BCUT2D eigenvalue weighted by atomic mass is 79.9. The van der Waals surface area contributed by atoms with Gasteiger partial charge in [0.15, 0.2) is 0 Å². The largest absolute Gasteiger partial charge is 0.496 e. The Balaban J connectivity index is 2.97. The quantitative estimate of drug-likeness (QED) is 0.769. The molecule has 114 valence electrons. The Morgan fingerprint density at radius 2 is 2.15 bits per heavy atom. The average molecular weight is 361 g/mol. The lowest BCUT2D eigenvalue weighted by atomic mass is 10.0. The van der Waals surface area contributed by atoms with Crippen LogP contribution in [0.15, 0.2) is 22.7 Å². The minimum absolute atomic E-state index is 0.166. The van der Waals surface area contributed by atoms with Crippen LogP contribution in [0.4, 0.5) is 0 Å². The van der Waals surface area contributed by atoms with E-state index in [1.165, 1.54) is 5.75 Å². The van der Waals surface area contributed by atoms with Crippen molar-refractivity contribution in [2.24, 2.45) is 5.73 Å². The van der Waals surface area contributed by atoms with Gasteiger partial charge in [-0.15, -0.1) is 0 Å². The molecule has 5 heteroatoms. The number of hydrogen-bond acceptors (Lipinski definition) is 4. The van der Waals surface area contributed by atoms with E-state index in [0.29, 0.717) is 12.6 Å². The van der Waals surface area contributed by atoms with Crippen LogP contribution in [0, 0.1) is 0 Å². The van der Waals surface area contributed by atoms with Gasteiger partial charge in [-0.3, -0.25) is 4.90 Å². The fraction of sp³-hybridized carbons (Fsp3) is 0.600. The van der Waals surface area contributed by atoms with E-state index in [1.807, 2.05) is 23.9 Å². The number of methoxy groups -OCH3 is 1. The van der Waals surface area contributed by atoms with Crippen LogP contribution in [0.3, 0.4) is 0 Å². The fourth-order valence-electron chi connectivity index (χ4n) is 2.28. The zero-order valence-corrected chi connectivity index (χ0v) is 15.1. The van der Waals surface area contributed by atoms with Gasteiger partial charge in [0.25, 0.3) is 0 Å². The van der Waals surface area contributed by atoms with E-state index >= 15 is 0 Å². The molecule has 2 N–H and O–H groups in total. The van der Waals surface area contributed by atoms with Crippen molar-refractivity contribution >= 4 is 27.7 Å². The number of halogens is 1. The van der Waals surface area contributed by atoms with E-state index in [1.54, 1.807) is 7.11 Å². The molecule has 0 aliphatic carbocycles. The molecule has 3 nitrogen and oxygen atoms in total. The Kier molecular flexibility index (Phi) is 7.95. The molecule has 0 aromatic heterocycles. The Morgan fingerprint density at radius 3 is 2.70 bits per heavy atom. The number of hydrogen-bond donors (Lipinski definition) is 1. The molecule has 20 heavy (non-hydrogen) atoms. The lowest BCUT2D eigenvalue weighted by Crippen LogP contribution is -2.37. The number of thioether (sulfide) groups is 1. The zero-order valence-electron chi connectivity index (χ0n) is 12.7. The van der Waals surface area contributed by atoms with Crippen LogP contribution < -0.4 is 10.5 Å². The van der Waals surface area contributed by atoms with Crippen LogP contribution in [0.2, 0.25) is 0 Å². The fourth-order valence-corrected chi connectivity index (χ4v) is 3.23. The second-order valence-corrected chi connectivity index (χ2v) is 6.84. The first-order valence-electron chi connectivity index (χ1n) is 6.79. The first-order chi connectivity index (χ1) is 9.54. The Labute approximate surface area is 135 Å². The summed E-state index contributed by atoms with van der Waals surface area (Å²) < 4.78 is 6.54. The predicted molar refractivity (Wildman–Crippen MR) is 92.7 cm³/mol. The second-order valence-electron chi connectivity index (χ2n) is 4.93. The third kappa shape index (κ3) is 4.65. The van der Waals surface area contributed by atoms with Crippen LogP contribution in [0.1, 0.15) is 24.9 Å². The number of nitrogens with two attached hydrogens (primary N) is 1. The SMILES string of the molecule is COc1ccc(Br)cc1C(CN)N(C)C(C)CCSC. The molecule has 0 amide bonds. The van der Waals surface area contributed by atoms with E-state index in [9.17, 15) is 0 Å². The van der Waals surface area contributed by atoms with Crippen molar-refractivity contribution in [2.75, 3.05) is 32.7 Å². The summed E-state index contributed by atoms with van der Waals surface area (Å²) in [6.45, 7) is 2.83. The molecule has 0 aliphatic rings. The maximum atomic E-state index is 6.03. The standard InChI is InChI=1S/C15H25BrN2OS/c1-11(7-8-20-4)18(2)14(10-17)13-9-12(16)5-6-15(13)19-3/h5-6,9,11,14H,7-8,10,17H2,1-4H3. The van der Waals surface area contributed by atoms with E-state index in [2.05, 4.69) is 47.1 Å². The molecule has 0 spiro atoms. The van der Waals surface area contributed by atoms with Crippen molar-refractivity contribution in [1.82, 2.24) is 4.90 Å². The molecule has 2 unspecified atom stereocenters. The first kappa shape index (κ1) is 17.8. The lowest BCUT2D eigenvalue weighted by Gasteiger charge is -2.33. The molecular formula is C15H25BrN2OS. The van der Waals surface area contributed by atoms with Crippen LogP contribution in [0.5, 0.6) is 5.75 Å². The van der Waals surface area contributed by atoms with Crippen molar-refractivity contribution in [2.45, 2.75) is 25.4 Å². The van der Waals surface area contributed by atoms with Gasteiger partial charge in [-0.2, -0.15) is 11.8 Å². The minimum atomic E-state index is 0.166. The van der Waals surface area contributed by atoms with Crippen LogP contribution in [-0.4, -0.2) is 43.7 Å². The molecule has 0 bridgehead atoms. The van der Waals surface area contributed by atoms with Gasteiger partial charge >= 0.3 is 0 Å². The van der Waals surface area contributed by atoms with Crippen LogP contribution in [-0.2, 0) is 0 Å². The molecule has 0 saturated heterocycles. The minimum Gasteiger partial charge on any atom is -0.496 e. The Morgan fingerprint density at radius 1 is 1.45 bits per heavy atom. The molecule has 0 fully saturated rings. The Hall–Kier alpha value is -0.230. The van der Waals surface area contributed by atoms with Crippen molar-refractivity contribution in [1.29, 1.82) is 0 Å². The van der Waals surface area contributed by atoms with E-state index in [-0.39, 0.29) is 6.04 Å². The van der Waals surface area contributed by atoms with Crippen molar-refractivity contribution < 1.29 is 4.74 Å². The highest BCUT2D eigenvalue weighted by Crippen LogP contribution is 2.32. The molecule has 1 rings (SSSR count). The highest BCUT2D eigenvalue weighted by Gasteiger charge is 2.23. The molecule has 0 heterocycles. The topological polar surface area (TPSA) is 38.5 Å². The smallest absolute Gasteiger partial charge is 0.123 e. The third-order valence-corrected chi connectivity index (χ3v) is 4.84. The van der Waals surface area contributed by atoms with Gasteiger partial charge in [-0.25, -0.2) is 0 Å². The van der Waals surface area contributed by atoms with Gasteiger partial charge in [0, 0.05) is 22.6 Å². The summed E-state index contributed by atoms with van der Waals surface area (Å²) in [7, 11) is 3.85. The van der Waals surface area contributed by atoms with E-state index in [0.717, 1.165) is 22.2 Å². The van der Waals surface area contributed by atoms with Gasteiger partial charge in [0.2, 0.25) is 0 Å². The van der Waals surface area contributed by atoms with Gasteiger partial charge in [-0.1, -0.05) is 15.9 Å².